The second-order valence-corrected chi connectivity index (χ2v) is 5.10. The van der Waals surface area contributed by atoms with Crippen molar-refractivity contribution < 1.29 is 18.9 Å². The first-order valence-electron chi connectivity index (χ1n) is 7.29. The monoisotopic (exact) mass is 345 g/mol. The summed E-state index contributed by atoms with van der Waals surface area (Å²) in [6.07, 6.45) is 1.93. The van der Waals surface area contributed by atoms with Crippen LogP contribution in [0, 0.1) is 10.1 Å². The van der Waals surface area contributed by atoms with E-state index in [1.165, 1.54) is 16.9 Å². The topological polar surface area (TPSA) is 118 Å². The Morgan fingerprint density at radius 1 is 1.24 bits per heavy atom. The van der Waals surface area contributed by atoms with Gasteiger partial charge in [-0.1, -0.05) is 11.2 Å². The second-order valence-electron chi connectivity index (χ2n) is 5.10. The average Bonchev–Trinajstić information content (AvgIpc) is 3.25. The summed E-state index contributed by atoms with van der Waals surface area (Å²) in [6.45, 7) is 0.159. The van der Waals surface area contributed by atoms with Crippen molar-refractivity contribution in [3.63, 3.8) is 0 Å². The Morgan fingerprint density at radius 3 is 2.72 bits per heavy atom. The maximum Gasteiger partial charge on any atom is 0.389 e. The zero-order valence-corrected chi connectivity index (χ0v) is 13.6. The van der Waals surface area contributed by atoms with Crippen LogP contribution in [0.2, 0.25) is 0 Å². The fourth-order valence-corrected chi connectivity index (χ4v) is 2.27. The van der Waals surface area contributed by atoms with Gasteiger partial charge in [0.1, 0.15) is 6.54 Å². The summed E-state index contributed by atoms with van der Waals surface area (Å²) in [5.41, 5.74) is 0.930. The number of aromatic nitrogens is 4. The second kappa shape index (κ2) is 6.99. The molecule has 0 N–H and O–H groups in total. The fraction of sp³-hybridized carbons (Fsp3) is 0.267. The molecular formula is C15H15N5O5. The summed E-state index contributed by atoms with van der Waals surface area (Å²) in [6, 6.07) is 6.83. The molecule has 0 aliphatic carbocycles. The molecule has 2 heterocycles. The first-order valence-corrected chi connectivity index (χ1v) is 7.29. The lowest BCUT2D eigenvalue weighted by Crippen LogP contribution is -2.02. The van der Waals surface area contributed by atoms with E-state index in [-0.39, 0.29) is 12.4 Å². The van der Waals surface area contributed by atoms with Gasteiger partial charge in [0.05, 0.1) is 31.6 Å². The van der Waals surface area contributed by atoms with Crippen molar-refractivity contribution in [2.75, 3.05) is 14.2 Å². The standard InChI is InChI=1S/C15H15N5O5/c1-23-11-4-3-10(7-12(11)24-2)8-13-16-15(25-18-13)9-19-6-5-14(17-19)20(21)22/h3-7H,8-9H2,1-2H3. The molecule has 3 rings (SSSR count). The van der Waals surface area contributed by atoms with Crippen LogP contribution in [0.25, 0.3) is 0 Å². The lowest BCUT2D eigenvalue weighted by Gasteiger charge is -2.08. The van der Waals surface area contributed by atoms with Gasteiger partial charge >= 0.3 is 5.82 Å². The molecular weight excluding hydrogens is 330 g/mol. The van der Waals surface area contributed by atoms with Gasteiger partial charge in [0.2, 0.25) is 5.89 Å². The van der Waals surface area contributed by atoms with E-state index in [1.54, 1.807) is 20.3 Å². The van der Waals surface area contributed by atoms with E-state index >= 15 is 0 Å². The Kier molecular flexibility index (Phi) is 4.59. The lowest BCUT2D eigenvalue weighted by molar-refractivity contribution is -0.389. The Labute approximate surface area is 142 Å². The van der Waals surface area contributed by atoms with Crippen LogP contribution in [0.3, 0.4) is 0 Å². The SMILES string of the molecule is COc1ccc(Cc2noc(Cn3ccc([N+](=O)[O-])n3)n2)cc1OC. The summed E-state index contributed by atoms with van der Waals surface area (Å²) in [5, 5.41) is 18.3. The van der Waals surface area contributed by atoms with E-state index in [1.807, 2.05) is 12.1 Å². The van der Waals surface area contributed by atoms with E-state index < -0.39 is 4.92 Å². The molecule has 130 valence electrons. The molecule has 0 spiro atoms. The van der Waals surface area contributed by atoms with E-state index in [0.29, 0.717) is 29.6 Å². The number of hydrogen-bond acceptors (Lipinski definition) is 8. The van der Waals surface area contributed by atoms with Crippen molar-refractivity contribution in [1.82, 2.24) is 19.9 Å². The maximum absolute atomic E-state index is 10.6. The van der Waals surface area contributed by atoms with Gasteiger partial charge in [0.25, 0.3) is 0 Å². The van der Waals surface area contributed by atoms with Crippen LogP contribution in [-0.2, 0) is 13.0 Å². The normalized spacial score (nSPS) is 10.6. The first kappa shape index (κ1) is 16.4. The molecule has 0 atom stereocenters. The number of hydrogen-bond donors (Lipinski definition) is 0. The number of rotatable bonds is 7. The van der Waals surface area contributed by atoms with Crippen LogP contribution >= 0.6 is 0 Å². The molecule has 0 fully saturated rings. The molecule has 2 aromatic heterocycles. The van der Waals surface area contributed by atoms with Crippen LogP contribution in [0.15, 0.2) is 35.0 Å². The molecule has 10 heteroatoms. The van der Waals surface area contributed by atoms with Gasteiger partial charge in [-0.15, -0.1) is 0 Å². The third-order valence-electron chi connectivity index (χ3n) is 3.43. The van der Waals surface area contributed by atoms with Crippen molar-refractivity contribution in [3.8, 4) is 11.5 Å². The van der Waals surface area contributed by atoms with Crippen molar-refractivity contribution >= 4 is 5.82 Å². The number of ether oxygens (including phenoxy) is 2. The minimum atomic E-state index is -0.563. The average molecular weight is 345 g/mol. The molecule has 0 bridgehead atoms. The highest BCUT2D eigenvalue weighted by Crippen LogP contribution is 2.28. The fourth-order valence-electron chi connectivity index (χ4n) is 2.27. The minimum Gasteiger partial charge on any atom is -0.493 e. The van der Waals surface area contributed by atoms with Crippen molar-refractivity contribution in [1.29, 1.82) is 0 Å². The van der Waals surface area contributed by atoms with Crippen LogP contribution in [0.4, 0.5) is 5.82 Å². The molecule has 3 aromatic rings. The summed E-state index contributed by atoms with van der Waals surface area (Å²) in [7, 11) is 3.14. The number of benzene rings is 1. The summed E-state index contributed by atoms with van der Waals surface area (Å²) < 4.78 is 17.0. The van der Waals surface area contributed by atoms with Crippen LogP contribution in [0.1, 0.15) is 17.3 Å². The zero-order chi connectivity index (χ0) is 17.8. The largest absolute Gasteiger partial charge is 0.493 e. The van der Waals surface area contributed by atoms with Crippen molar-refractivity contribution in [2.45, 2.75) is 13.0 Å². The Bertz CT molecular complexity index is 888. The summed E-state index contributed by atoms with van der Waals surface area (Å²) in [5.74, 6) is 1.83. The quantitative estimate of drug-likeness (QED) is 0.470. The Balaban J connectivity index is 1.70. The minimum absolute atomic E-state index is 0.159. The van der Waals surface area contributed by atoms with Crippen molar-refractivity contribution in [3.05, 3.63) is 57.9 Å². The maximum atomic E-state index is 10.6. The molecule has 0 unspecified atom stereocenters. The van der Waals surface area contributed by atoms with E-state index in [9.17, 15) is 10.1 Å². The highest BCUT2D eigenvalue weighted by molar-refractivity contribution is 5.43. The molecule has 0 aliphatic rings. The molecule has 10 nitrogen and oxygen atoms in total. The van der Waals surface area contributed by atoms with Gasteiger partial charge in [-0.2, -0.15) is 9.67 Å². The lowest BCUT2D eigenvalue weighted by atomic mass is 10.1. The van der Waals surface area contributed by atoms with Crippen LogP contribution in [-0.4, -0.2) is 39.1 Å². The third kappa shape index (κ3) is 3.74. The molecule has 0 radical (unpaired) electrons. The molecule has 25 heavy (non-hydrogen) atoms. The highest BCUT2D eigenvalue weighted by Gasteiger charge is 2.15. The van der Waals surface area contributed by atoms with E-state index in [4.69, 9.17) is 14.0 Å². The van der Waals surface area contributed by atoms with Gasteiger partial charge in [-0.05, 0) is 22.6 Å². The van der Waals surface area contributed by atoms with E-state index in [0.717, 1.165) is 5.56 Å². The van der Waals surface area contributed by atoms with E-state index in [2.05, 4.69) is 15.2 Å². The third-order valence-corrected chi connectivity index (χ3v) is 3.43. The Hall–Kier alpha value is -3.43. The Morgan fingerprint density at radius 2 is 2.04 bits per heavy atom. The van der Waals surface area contributed by atoms with Gasteiger partial charge in [0.15, 0.2) is 17.3 Å². The number of nitro groups is 1. The van der Waals surface area contributed by atoms with Gasteiger partial charge in [-0.3, -0.25) is 0 Å². The molecule has 1 aromatic carbocycles. The predicted molar refractivity (Wildman–Crippen MR) is 84.6 cm³/mol. The van der Waals surface area contributed by atoms with Crippen molar-refractivity contribution in [2.24, 2.45) is 0 Å². The smallest absolute Gasteiger partial charge is 0.389 e. The highest BCUT2D eigenvalue weighted by atomic mass is 16.6. The van der Waals surface area contributed by atoms with Crippen LogP contribution < -0.4 is 9.47 Å². The predicted octanol–water partition coefficient (Wildman–Crippen LogP) is 1.83. The summed E-state index contributed by atoms with van der Waals surface area (Å²) >= 11 is 0. The van der Waals surface area contributed by atoms with Gasteiger partial charge in [-0.25, -0.2) is 0 Å². The molecule has 0 amide bonds. The molecule has 0 aliphatic heterocycles. The number of methoxy groups -OCH3 is 2. The molecule has 0 saturated carbocycles. The zero-order valence-electron chi connectivity index (χ0n) is 13.6. The van der Waals surface area contributed by atoms with Gasteiger partial charge in [0, 0.05) is 6.42 Å². The molecule has 0 saturated heterocycles. The van der Waals surface area contributed by atoms with Crippen LogP contribution in [0.5, 0.6) is 11.5 Å². The van der Waals surface area contributed by atoms with Gasteiger partial charge < -0.3 is 24.1 Å². The number of nitrogens with zero attached hydrogens (tertiary/aromatic N) is 5. The summed E-state index contributed by atoms with van der Waals surface area (Å²) in [4.78, 5) is 14.3. The first-order chi connectivity index (χ1) is 12.1.